The van der Waals surface area contributed by atoms with E-state index in [0.717, 1.165) is 11.3 Å². The average Bonchev–Trinajstić information content (AvgIpc) is 2.25. The number of rotatable bonds is 2. The van der Waals surface area contributed by atoms with Crippen LogP contribution in [0.5, 0.6) is 0 Å². The Kier molecular flexibility index (Phi) is 3.50. The van der Waals surface area contributed by atoms with Crippen molar-refractivity contribution in [2.45, 2.75) is 13.8 Å². The molecule has 2 rings (SSSR count). The van der Waals surface area contributed by atoms with Crippen LogP contribution < -0.4 is 5.32 Å². The van der Waals surface area contributed by atoms with Crippen LogP contribution in [0.25, 0.3) is 0 Å². The van der Waals surface area contributed by atoms with Gasteiger partial charge >= 0.3 is 0 Å². The summed E-state index contributed by atoms with van der Waals surface area (Å²) in [6.45, 7) is 3.67. The number of hydrogen-bond donors (Lipinski definition) is 1. The SMILES string of the molecule is Cc1nc(Cl)c(C)c(Nc2cccc(Cl)c2)n1. The lowest BCUT2D eigenvalue weighted by Crippen LogP contribution is -2.01. The topological polar surface area (TPSA) is 37.8 Å². The number of aryl methyl sites for hydroxylation is 1. The van der Waals surface area contributed by atoms with Gasteiger partial charge in [-0.1, -0.05) is 29.3 Å². The lowest BCUT2D eigenvalue weighted by molar-refractivity contribution is 1.04. The fourth-order valence-electron chi connectivity index (χ4n) is 1.42. The zero-order chi connectivity index (χ0) is 12.4. The largest absolute Gasteiger partial charge is 0.340 e. The van der Waals surface area contributed by atoms with Crippen molar-refractivity contribution in [3.05, 3.63) is 45.8 Å². The number of hydrogen-bond acceptors (Lipinski definition) is 3. The molecule has 1 aromatic heterocycles. The van der Waals surface area contributed by atoms with Crippen molar-refractivity contribution in [1.82, 2.24) is 9.97 Å². The molecule has 0 atom stereocenters. The third-order valence-corrected chi connectivity index (χ3v) is 2.89. The third-order valence-electron chi connectivity index (χ3n) is 2.29. The van der Waals surface area contributed by atoms with Crippen LogP contribution >= 0.6 is 23.2 Å². The average molecular weight is 268 g/mol. The number of nitrogens with one attached hydrogen (secondary N) is 1. The van der Waals surface area contributed by atoms with Gasteiger partial charge in [-0.2, -0.15) is 0 Å². The second kappa shape index (κ2) is 4.90. The van der Waals surface area contributed by atoms with Crippen LogP contribution in [-0.2, 0) is 0 Å². The molecule has 2 aromatic rings. The second-order valence-electron chi connectivity index (χ2n) is 3.67. The van der Waals surface area contributed by atoms with E-state index in [0.29, 0.717) is 21.8 Å². The number of halogens is 2. The van der Waals surface area contributed by atoms with Crippen molar-refractivity contribution in [3.8, 4) is 0 Å². The minimum atomic E-state index is 0.460. The van der Waals surface area contributed by atoms with Crippen LogP contribution in [0.15, 0.2) is 24.3 Å². The molecule has 0 saturated heterocycles. The van der Waals surface area contributed by atoms with Crippen LogP contribution in [0.3, 0.4) is 0 Å². The molecule has 0 bridgehead atoms. The Hall–Kier alpha value is -1.32. The number of anilines is 2. The summed E-state index contributed by atoms with van der Waals surface area (Å²) in [5.41, 5.74) is 1.69. The summed E-state index contributed by atoms with van der Waals surface area (Å²) in [7, 11) is 0. The van der Waals surface area contributed by atoms with Gasteiger partial charge in [0.05, 0.1) is 0 Å². The molecule has 0 amide bonds. The van der Waals surface area contributed by atoms with Gasteiger partial charge in [-0.3, -0.25) is 0 Å². The summed E-state index contributed by atoms with van der Waals surface area (Å²) in [6.07, 6.45) is 0. The molecule has 0 saturated carbocycles. The second-order valence-corrected chi connectivity index (χ2v) is 4.47. The highest BCUT2D eigenvalue weighted by Gasteiger charge is 2.07. The standard InChI is InChI=1S/C12H11Cl2N3/c1-7-11(14)15-8(2)16-12(7)17-10-5-3-4-9(13)6-10/h3-6H,1-2H3,(H,15,16,17). The summed E-state index contributed by atoms with van der Waals surface area (Å²) in [5, 5.41) is 4.31. The van der Waals surface area contributed by atoms with E-state index in [1.165, 1.54) is 0 Å². The number of aromatic nitrogens is 2. The Labute approximate surface area is 110 Å². The highest BCUT2D eigenvalue weighted by atomic mass is 35.5. The first-order valence-corrected chi connectivity index (χ1v) is 5.85. The van der Waals surface area contributed by atoms with Crippen molar-refractivity contribution in [1.29, 1.82) is 0 Å². The molecule has 5 heteroatoms. The molecule has 1 aromatic carbocycles. The Morgan fingerprint density at radius 3 is 2.59 bits per heavy atom. The lowest BCUT2D eigenvalue weighted by Gasteiger charge is -2.10. The molecular formula is C12H11Cl2N3. The summed E-state index contributed by atoms with van der Waals surface area (Å²) < 4.78 is 0. The van der Waals surface area contributed by atoms with Crippen molar-refractivity contribution in [2.75, 3.05) is 5.32 Å². The minimum Gasteiger partial charge on any atom is -0.340 e. The molecule has 3 nitrogen and oxygen atoms in total. The Balaban J connectivity index is 2.36. The summed E-state index contributed by atoms with van der Waals surface area (Å²) in [6, 6.07) is 7.43. The minimum absolute atomic E-state index is 0.460. The molecule has 0 fully saturated rings. The zero-order valence-corrected chi connectivity index (χ0v) is 11.0. The van der Waals surface area contributed by atoms with Gasteiger partial charge in [-0.15, -0.1) is 0 Å². The van der Waals surface area contributed by atoms with Crippen molar-refractivity contribution in [2.24, 2.45) is 0 Å². The van der Waals surface area contributed by atoms with E-state index in [4.69, 9.17) is 23.2 Å². The number of benzene rings is 1. The molecule has 0 aliphatic carbocycles. The maximum absolute atomic E-state index is 6.00. The molecule has 0 spiro atoms. The molecule has 1 N–H and O–H groups in total. The Morgan fingerprint density at radius 1 is 1.12 bits per heavy atom. The van der Waals surface area contributed by atoms with Gasteiger partial charge in [0, 0.05) is 16.3 Å². The van der Waals surface area contributed by atoms with E-state index in [1.54, 1.807) is 6.92 Å². The molecule has 0 radical (unpaired) electrons. The molecule has 1 heterocycles. The monoisotopic (exact) mass is 267 g/mol. The van der Waals surface area contributed by atoms with E-state index >= 15 is 0 Å². The quantitative estimate of drug-likeness (QED) is 0.831. The Bertz CT molecular complexity index is 555. The van der Waals surface area contributed by atoms with Crippen molar-refractivity contribution >= 4 is 34.7 Å². The molecule has 0 aliphatic rings. The van der Waals surface area contributed by atoms with Crippen LogP contribution in [-0.4, -0.2) is 9.97 Å². The number of nitrogens with zero attached hydrogens (tertiary/aromatic N) is 2. The van der Waals surface area contributed by atoms with E-state index in [2.05, 4.69) is 15.3 Å². The van der Waals surface area contributed by atoms with E-state index in [9.17, 15) is 0 Å². The maximum atomic E-state index is 6.00. The lowest BCUT2D eigenvalue weighted by atomic mass is 10.3. The third kappa shape index (κ3) is 2.87. The fourth-order valence-corrected chi connectivity index (χ4v) is 1.82. The van der Waals surface area contributed by atoms with Gasteiger partial charge in [0.1, 0.15) is 16.8 Å². The molecular weight excluding hydrogens is 257 g/mol. The summed E-state index contributed by atoms with van der Waals surface area (Å²) in [5.74, 6) is 1.33. The van der Waals surface area contributed by atoms with Crippen LogP contribution in [0.2, 0.25) is 10.2 Å². The van der Waals surface area contributed by atoms with E-state index in [1.807, 2.05) is 31.2 Å². The van der Waals surface area contributed by atoms with Crippen LogP contribution in [0, 0.1) is 13.8 Å². The predicted molar refractivity (Wildman–Crippen MR) is 71.3 cm³/mol. The highest BCUT2D eigenvalue weighted by Crippen LogP contribution is 2.24. The molecule has 0 unspecified atom stereocenters. The first-order chi connectivity index (χ1) is 8.06. The van der Waals surface area contributed by atoms with Gasteiger partial charge in [0.2, 0.25) is 0 Å². The van der Waals surface area contributed by atoms with Gasteiger partial charge in [-0.05, 0) is 32.0 Å². The van der Waals surface area contributed by atoms with E-state index < -0.39 is 0 Å². The Morgan fingerprint density at radius 2 is 1.88 bits per heavy atom. The van der Waals surface area contributed by atoms with Crippen molar-refractivity contribution in [3.63, 3.8) is 0 Å². The first kappa shape index (κ1) is 12.1. The summed E-state index contributed by atoms with van der Waals surface area (Å²) in [4.78, 5) is 8.39. The maximum Gasteiger partial charge on any atom is 0.138 e. The van der Waals surface area contributed by atoms with Gasteiger partial charge in [0.25, 0.3) is 0 Å². The summed E-state index contributed by atoms with van der Waals surface area (Å²) >= 11 is 11.9. The highest BCUT2D eigenvalue weighted by molar-refractivity contribution is 6.31. The van der Waals surface area contributed by atoms with Gasteiger partial charge in [0.15, 0.2) is 0 Å². The smallest absolute Gasteiger partial charge is 0.138 e. The van der Waals surface area contributed by atoms with Crippen molar-refractivity contribution < 1.29 is 0 Å². The normalized spacial score (nSPS) is 10.4. The molecule has 17 heavy (non-hydrogen) atoms. The zero-order valence-electron chi connectivity index (χ0n) is 9.46. The first-order valence-electron chi connectivity index (χ1n) is 5.09. The fraction of sp³-hybridized carbons (Fsp3) is 0.167. The molecule has 0 aliphatic heterocycles. The van der Waals surface area contributed by atoms with Gasteiger partial charge in [-0.25, -0.2) is 9.97 Å². The van der Waals surface area contributed by atoms with E-state index in [-0.39, 0.29) is 0 Å². The predicted octanol–water partition coefficient (Wildman–Crippen LogP) is 4.14. The van der Waals surface area contributed by atoms with Crippen LogP contribution in [0.1, 0.15) is 11.4 Å². The van der Waals surface area contributed by atoms with Gasteiger partial charge < -0.3 is 5.32 Å². The molecule has 88 valence electrons. The van der Waals surface area contributed by atoms with Crippen LogP contribution in [0.4, 0.5) is 11.5 Å².